The Balaban J connectivity index is 1.36. The van der Waals surface area contributed by atoms with Gasteiger partial charge in [-0.1, -0.05) is 65.7 Å². The quantitative estimate of drug-likeness (QED) is 0.225. The summed E-state index contributed by atoms with van der Waals surface area (Å²) in [5.41, 5.74) is 8.32. The van der Waals surface area contributed by atoms with Gasteiger partial charge in [-0.15, -0.1) is 0 Å². The molecular formula is C34H54. The molecule has 4 aliphatic rings. The molecule has 0 radical (unpaired) electrons. The van der Waals surface area contributed by atoms with Crippen LogP contribution < -0.4 is 0 Å². The number of hydrogen-bond donors (Lipinski definition) is 0. The summed E-state index contributed by atoms with van der Waals surface area (Å²) >= 11 is 0. The summed E-state index contributed by atoms with van der Waals surface area (Å²) in [6.45, 7) is 16.0. The maximum Gasteiger partial charge on any atom is -0.00827 e. The minimum atomic E-state index is 0.535. The van der Waals surface area contributed by atoms with Crippen LogP contribution in [-0.2, 0) is 0 Å². The molecule has 0 N–H and O–H groups in total. The summed E-state index contributed by atoms with van der Waals surface area (Å²) in [6, 6.07) is 0. The zero-order valence-corrected chi connectivity index (χ0v) is 23.4. The zero-order valence-electron chi connectivity index (χ0n) is 23.4. The molecule has 0 nitrogen and oxygen atoms in total. The van der Waals surface area contributed by atoms with E-state index in [4.69, 9.17) is 0 Å². The lowest BCUT2D eigenvalue weighted by molar-refractivity contribution is -0.0318. The van der Waals surface area contributed by atoms with Crippen LogP contribution in [0.3, 0.4) is 0 Å². The molecule has 0 unspecified atom stereocenters. The lowest BCUT2D eigenvalue weighted by Crippen LogP contribution is -2.46. The van der Waals surface area contributed by atoms with E-state index in [1.807, 2.05) is 0 Å². The Morgan fingerprint density at radius 2 is 1.15 bits per heavy atom. The van der Waals surface area contributed by atoms with Gasteiger partial charge in [0.25, 0.3) is 0 Å². The first kappa shape index (κ1) is 27.3. The Labute approximate surface area is 212 Å². The molecular weight excluding hydrogens is 408 g/mol. The Morgan fingerprint density at radius 3 is 1.65 bits per heavy atom. The average molecular weight is 463 g/mol. The van der Waals surface area contributed by atoms with Crippen LogP contribution in [0.25, 0.3) is 0 Å². The third-order valence-electron chi connectivity index (χ3n) is 9.20. The SMILES string of the molecule is C=C(CC/C=C(\CC)CC/C=C(\C)CC/C=C(\C)CCC=C(C)C)C12CC3CC(CC(C3)C1)C2. The third-order valence-corrected chi connectivity index (χ3v) is 9.20. The van der Waals surface area contributed by atoms with Gasteiger partial charge in [0.15, 0.2) is 0 Å². The molecule has 4 bridgehead atoms. The monoisotopic (exact) mass is 462 g/mol. The zero-order chi connectivity index (χ0) is 24.6. The molecule has 0 aromatic heterocycles. The fourth-order valence-electron chi connectivity index (χ4n) is 7.53. The standard InChI is InChI=1S/C34H54/c1-7-30(18-10-16-28(5)15-9-14-27(4)13-8-12-26(2)3)19-11-17-29(6)34-23-31-20-32(24-34)22-33(21-31)25-34/h12,14,16,19,31-33H,6-11,13,15,17-18,20-25H2,1-5H3/b27-14+,28-16+,30-19+. The molecule has 4 rings (SSSR count). The lowest BCUT2D eigenvalue weighted by Gasteiger charge is -2.57. The molecule has 190 valence electrons. The highest BCUT2D eigenvalue weighted by Gasteiger charge is 2.51. The fourth-order valence-corrected chi connectivity index (χ4v) is 7.53. The largest absolute Gasteiger partial charge is 0.0993 e. The Morgan fingerprint density at radius 1 is 0.676 bits per heavy atom. The molecule has 0 spiro atoms. The first-order chi connectivity index (χ1) is 16.3. The minimum Gasteiger partial charge on any atom is -0.0993 e. The van der Waals surface area contributed by atoms with E-state index < -0.39 is 0 Å². The van der Waals surface area contributed by atoms with E-state index in [0.717, 1.165) is 17.8 Å². The predicted molar refractivity (Wildman–Crippen MR) is 152 cm³/mol. The Kier molecular flexibility index (Phi) is 10.5. The molecule has 0 saturated heterocycles. The van der Waals surface area contributed by atoms with Crippen LogP contribution >= 0.6 is 0 Å². The highest BCUT2D eigenvalue weighted by Crippen LogP contribution is 2.62. The van der Waals surface area contributed by atoms with Crippen LogP contribution in [0, 0.1) is 23.2 Å². The Bertz CT molecular complexity index is 757. The molecule has 0 heteroatoms. The van der Waals surface area contributed by atoms with Gasteiger partial charge in [-0.2, -0.15) is 0 Å². The van der Waals surface area contributed by atoms with Crippen molar-refractivity contribution in [1.29, 1.82) is 0 Å². The lowest BCUT2D eigenvalue weighted by atomic mass is 9.47. The smallest absolute Gasteiger partial charge is 0.00827 e. The highest BCUT2D eigenvalue weighted by molar-refractivity contribution is 5.19. The van der Waals surface area contributed by atoms with E-state index in [0.29, 0.717) is 5.41 Å². The molecule has 4 aliphatic carbocycles. The van der Waals surface area contributed by atoms with Crippen LogP contribution in [-0.4, -0.2) is 0 Å². The van der Waals surface area contributed by atoms with Gasteiger partial charge in [0, 0.05) is 0 Å². The van der Waals surface area contributed by atoms with Crippen LogP contribution in [0.5, 0.6) is 0 Å². The average Bonchev–Trinajstić information content (AvgIpc) is 2.76. The molecule has 0 atom stereocenters. The van der Waals surface area contributed by atoms with Crippen molar-refractivity contribution in [3.05, 3.63) is 58.7 Å². The van der Waals surface area contributed by atoms with E-state index >= 15 is 0 Å². The Hall–Kier alpha value is -1.30. The minimum absolute atomic E-state index is 0.535. The normalized spacial score (nSPS) is 29.0. The van der Waals surface area contributed by atoms with Gasteiger partial charge in [-0.3, -0.25) is 0 Å². The van der Waals surface area contributed by atoms with Crippen molar-refractivity contribution in [3.8, 4) is 0 Å². The molecule has 0 aliphatic heterocycles. The molecule has 34 heavy (non-hydrogen) atoms. The predicted octanol–water partition coefficient (Wildman–Crippen LogP) is 11.1. The van der Waals surface area contributed by atoms with Crippen LogP contribution in [0.4, 0.5) is 0 Å². The van der Waals surface area contributed by atoms with Crippen LogP contribution in [0.15, 0.2) is 58.7 Å². The summed E-state index contributed by atoms with van der Waals surface area (Å²) in [5, 5.41) is 0. The second-order valence-corrected chi connectivity index (χ2v) is 12.6. The molecule has 0 amide bonds. The molecule has 4 fully saturated rings. The number of hydrogen-bond acceptors (Lipinski definition) is 0. The van der Waals surface area contributed by atoms with E-state index in [9.17, 15) is 0 Å². The second-order valence-electron chi connectivity index (χ2n) is 12.6. The van der Waals surface area contributed by atoms with E-state index in [1.165, 1.54) is 107 Å². The van der Waals surface area contributed by atoms with Crippen LogP contribution in [0.2, 0.25) is 0 Å². The van der Waals surface area contributed by atoms with Crippen molar-refractivity contribution >= 4 is 0 Å². The van der Waals surface area contributed by atoms with Gasteiger partial charge < -0.3 is 0 Å². The van der Waals surface area contributed by atoms with Crippen molar-refractivity contribution in [1.82, 2.24) is 0 Å². The number of rotatable bonds is 14. The summed E-state index contributed by atoms with van der Waals surface area (Å²) in [5.74, 6) is 3.09. The molecule has 0 heterocycles. The van der Waals surface area contributed by atoms with Crippen molar-refractivity contribution in [2.45, 2.75) is 131 Å². The maximum absolute atomic E-state index is 4.67. The van der Waals surface area contributed by atoms with Gasteiger partial charge >= 0.3 is 0 Å². The van der Waals surface area contributed by atoms with E-state index in [2.05, 4.69) is 65.5 Å². The third kappa shape index (κ3) is 8.13. The van der Waals surface area contributed by atoms with Gasteiger partial charge in [-0.05, 0) is 147 Å². The van der Waals surface area contributed by atoms with Gasteiger partial charge in [0.05, 0.1) is 0 Å². The summed E-state index contributed by atoms with van der Waals surface area (Å²) in [6.07, 6.45) is 29.7. The summed E-state index contributed by atoms with van der Waals surface area (Å²) < 4.78 is 0. The molecule has 4 saturated carbocycles. The first-order valence-electron chi connectivity index (χ1n) is 14.6. The van der Waals surface area contributed by atoms with Gasteiger partial charge in [0.2, 0.25) is 0 Å². The van der Waals surface area contributed by atoms with E-state index in [-0.39, 0.29) is 0 Å². The van der Waals surface area contributed by atoms with E-state index in [1.54, 1.807) is 16.7 Å². The first-order valence-corrected chi connectivity index (χ1v) is 14.6. The second kappa shape index (κ2) is 13.1. The number of allylic oxidation sites excluding steroid dienone is 9. The molecule has 0 aromatic carbocycles. The van der Waals surface area contributed by atoms with Crippen LogP contribution in [0.1, 0.15) is 131 Å². The van der Waals surface area contributed by atoms with Crippen molar-refractivity contribution < 1.29 is 0 Å². The summed E-state index contributed by atoms with van der Waals surface area (Å²) in [4.78, 5) is 0. The molecule has 0 aromatic rings. The van der Waals surface area contributed by atoms with Gasteiger partial charge in [-0.25, -0.2) is 0 Å². The van der Waals surface area contributed by atoms with Gasteiger partial charge in [0.1, 0.15) is 0 Å². The van der Waals surface area contributed by atoms with Crippen molar-refractivity contribution in [3.63, 3.8) is 0 Å². The highest BCUT2D eigenvalue weighted by atomic mass is 14.6. The summed E-state index contributed by atoms with van der Waals surface area (Å²) in [7, 11) is 0. The van der Waals surface area contributed by atoms with Crippen molar-refractivity contribution in [2.24, 2.45) is 23.2 Å². The fraction of sp³-hybridized carbons (Fsp3) is 0.706. The topological polar surface area (TPSA) is 0 Å². The van der Waals surface area contributed by atoms with Crippen molar-refractivity contribution in [2.75, 3.05) is 0 Å². The maximum atomic E-state index is 4.67.